The van der Waals surface area contributed by atoms with Crippen LogP contribution in [0.5, 0.6) is 0 Å². The molecule has 27 heavy (non-hydrogen) atoms. The van der Waals surface area contributed by atoms with Crippen LogP contribution in [-0.4, -0.2) is 46.8 Å². The number of hydrogen-bond donors (Lipinski definition) is 0. The van der Waals surface area contributed by atoms with Crippen LogP contribution < -0.4 is 0 Å². The van der Waals surface area contributed by atoms with E-state index in [0.717, 1.165) is 64.5 Å². The average Bonchev–Trinajstić information content (AvgIpc) is 3.26. The second-order valence-electron chi connectivity index (χ2n) is 9.08. The van der Waals surface area contributed by atoms with E-state index in [-0.39, 0.29) is 23.8 Å². The van der Waals surface area contributed by atoms with E-state index < -0.39 is 0 Å². The molecule has 144 valence electrons. The lowest BCUT2D eigenvalue weighted by Gasteiger charge is -2.51. The molecule has 0 aromatic heterocycles. The molecule has 5 fully saturated rings. The minimum absolute atomic E-state index is 0.137. The van der Waals surface area contributed by atoms with Gasteiger partial charge in [-0.15, -0.1) is 0 Å². The maximum absolute atomic E-state index is 13.4. The smallest absolute Gasteiger partial charge is 0.245 e. The van der Waals surface area contributed by atoms with Crippen molar-refractivity contribution in [3.63, 3.8) is 0 Å². The quantitative estimate of drug-likeness (QED) is 0.821. The van der Waals surface area contributed by atoms with E-state index in [9.17, 15) is 9.59 Å². The van der Waals surface area contributed by atoms with Gasteiger partial charge in [0.1, 0.15) is 6.04 Å². The molecule has 2 bridgehead atoms. The molecule has 2 amide bonds. The predicted molar refractivity (Wildman–Crippen MR) is 104 cm³/mol. The molecule has 3 heterocycles. The third-order valence-electron chi connectivity index (χ3n) is 7.39. The van der Waals surface area contributed by atoms with Crippen molar-refractivity contribution in [2.24, 2.45) is 17.8 Å². The average molecular weight is 367 g/mol. The molecule has 0 N–H and O–H groups in total. The van der Waals surface area contributed by atoms with Crippen molar-refractivity contribution >= 4 is 11.8 Å². The zero-order chi connectivity index (χ0) is 18.4. The van der Waals surface area contributed by atoms with Crippen LogP contribution in [0.4, 0.5) is 0 Å². The molecule has 1 aromatic carbocycles. The Bertz CT molecular complexity index is 704. The van der Waals surface area contributed by atoms with Crippen LogP contribution in [0.25, 0.3) is 0 Å². The summed E-state index contributed by atoms with van der Waals surface area (Å²) in [7, 11) is 0. The maximum atomic E-state index is 13.4. The second-order valence-corrected chi connectivity index (χ2v) is 9.08. The predicted octanol–water partition coefficient (Wildman–Crippen LogP) is 3.26. The standard InChI is InChI=1S/C23H30N2O2/c26-22(20-15-18(20)14-16-6-2-1-3-7-16)25-19-10-8-17(9-11-19)21(25)23(27)24-12-4-5-13-24/h1-3,6-7,17-21H,4-5,8-15H2/t17?,18-,19?,20-,21+/m1/s1. The van der Waals surface area contributed by atoms with Crippen molar-refractivity contribution in [1.82, 2.24) is 9.80 Å². The van der Waals surface area contributed by atoms with Crippen molar-refractivity contribution in [3.05, 3.63) is 35.9 Å². The van der Waals surface area contributed by atoms with Gasteiger partial charge in [-0.3, -0.25) is 9.59 Å². The number of piperidine rings is 2. The molecule has 4 nitrogen and oxygen atoms in total. The van der Waals surface area contributed by atoms with Crippen LogP contribution in [0.15, 0.2) is 30.3 Å². The Morgan fingerprint density at radius 2 is 1.63 bits per heavy atom. The molecule has 0 radical (unpaired) electrons. The third kappa shape index (κ3) is 3.17. The van der Waals surface area contributed by atoms with Gasteiger partial charge in [0.15, 0.2) is 0 Å². The molecule has 3 aliphatic heterocycles. The molecule has 0 spiro atoms. The van der Waals surface area contributed by atoms with Crippen molar-refractivity contribution < 1.29 is 9.59 Å². The van der Waals surface area contributed by atoms with Gasteiger partial charge in [-0.2, -0.15) is 0 Å². The van der Waals surface area contributed by atoms with E-state index in [1.807, 2.05) is 11.0 Å². The van der Waals surface area contributed by atoms with E-state index >= 15 is 0 Å². The fraction of sp³-hybridized carbons (Fsp3) is 0.652. The highest BCUT2D eigenvalue weighted by atomic mass is 16.2. The Balaban J connectivity index is 1.31. The number of rotatable bonds is 4. The normalized spacial score (nSPS) is 34.7. The summed E-state index contributed by atoms with van der Waals surface area (Å²) in [6.07, 6.45) is 8.64. The molecular formula is C23H30N2O2. The van der Waals surface area contributed by atoms with Gasteiger partial charge in [-0.25, -0.2) is 0 Å². The lowest BCUT2D eigenvalue weighted by Crippen LogP contribution is -2.63. The van der Waals surface area contributed by atoms with Gasteiger partial charge in [-0.05, 0) is 68.8 Å². The highest BCUT2D eigenvalue weighted by Crippen LogP contribution is 2.47. The molecule has 6 rings (SSSR count). The fourth-order valence-corrected chi connectivity index (χ4v) is 5.80. The van der Waals surface area contributed by atoms with Crippen LogP contribution in [0.1, 0.15) is 50.5 Å². The zero-order valence-electron chi connectivity index (χ0n) is 16.1. The van der Waals surface area contributed by atoms with E-state index in [0.29, 0.717) is 17.9 Å². The van der Waals surface area contributed by atoms with E-state index in [1.165, 1.54) is 5.56 Å². The molecular weight excluding hydrogens is 336 g/mol. The van der Waals surface area contributed by atoms with Gasteiger partial charge in [0.05, 0.1) is 0 Å². The SMILES string of the molecule is O=C([C@@H]1C2CCC(CC2)N1C(=O)[C@@H]1C[C@H]1Cc1ccccc1)N1CCCC1. The first-order valence-electron chi connectivity index (χ1n) is 10.9. The summed E-state index contributed by atoms with van der Waals surface area (Å²) in [6.45, 7) is 1.77. The van der Waals surface area contributed by atoms with E-state index in [2.05, 4.69) is 29.2 Å². The van der Waals surface area contributed by atoms with Crippen molar-refractivity contribution in [2.75, 3.05) is 13.1 Å². The van der Waals surface area contributed by atoms with Gasteiger partial charge in [0.25, 0.3) is 0 Å². The summed E-state index contributed by atoms with van der Waals surface area (Å²) in [6, 6.07) is 10.6. The van der Waals surface area contributed by atoms with Gasteiger partial charge in [0, 0.05) is 25.0 Å². The molecule has 2 aliphatic carbocycles. The van der Waals surface area contributed by atoms with Gasteiger partial charge >= 0.3 is 0 Å². The van der Waals surface area contributed by atoms with Crippen LogP contribution in [0, 0.1) is 17.8 Å². The number of amides is 2. The molecule has 4 heteroatoms. The lowest BCUT2D eigenvalue weighted by atomic mass is 9.73. The summed E-state index contributed by atoms with van der Waals surface area (Å²) < 4.78 is 0. The number of carbonyl (C=O) groups excluding carboxylic acids is 2. The summed E-state index contributed by atoms with van der Waals surface area (Å²) in [5.41, 5.74) is 1.32. The minimum Gasteiger partial charge on any atom is -0.341 e. The van der Waals surface area contributed by atoms with E-state index in [1.54, 1.807) is 0 Å². The molecule has 3 saturated heterocycles. The first kappa shape index (κ1) is 17.3. The van der Waals surface area contributed by atoms with Crippen LogP contribution in [0.2, 0.25) is 0 Å². The Morgan fingerprint density at radius 3 is 2.33 bits per heavy atom. The summed E-state index contributed by atoms with van der Waals surface area (Å²) in [5.74, 6) is 1.51. The first-order valence-corrected chi connectivity index (χ1v) is 10.9. The topological polar surface area (TPSA) is 40.6 Å². The minimum atomic E-state index is -0.166. The van der Waals surface area contributed by atoms with Crippen molar-refractivity contribution in [3.8, 4) is 0 Å². The molecule has 3 atom stereocenters. The van der Waals surface area contributed by atoms with Crippen LogP contribution in [-0.2, 0) is 16.0 Å². The van der Waals surface area contributed by atoms with Crippen LogP contribution in [0.3, 0.4) is 0 Å². The fourth-order valence-electron chi connectivity index (χ4n) is 5.80. The first-order chi connectivity index (χ1) is 13.2. The van der Waals surface area contributed by atoms with E-state index in [4.69, 9.17) is 0 Å². The Hall–Kier alpha value is -1.84. The summed E-state index contributed by atoms with van der Waals surface area (Å²) >= 11 is 0. The van der Waals surface area contributed by atoms with Crippen molar-refractivity contribution in [1.29, 1.82) is 0 Å². The second kappa shape index (κ2) is 6.96. The molecule has 0 unspecified atom stereocenters. The molecule has 1 aromatic rings. The largest absolute Gasteiger partial charge is 0.341 e. The summed E-state index contributed by atoms with van der Waals surface area (Å²) in [4.78, 5) is 30.8. The highest BCUT2D eigenvalue weighted by Gasteiger charge is 2.53. The summed E-state index contributed by atoms with van der Waals surface area (Å²) in [5, 5.41) is 0. The number of likely N-dealkylation sites (tertiary alicyclic amines) is 1. The third-order valence-corrected chi connectivity index (χ3v) is 7.39. The number of fused-ring (bicyclic) bond motifs is 3. The maximum Gasteiger partial charge on any atom is 0.245 e. The zero-order valence-corrected chi connectivity index (χ0v) is 16.1. The number of nitrogens with zero attached hydrogens (tertiary/aromatic N) is 2. The van der Waals surface area contributed by atoms with Gasteiger partial charge in [0.2, 0.25) is 11.8 Å². The molecule has 2 saturated carbocycles. The highest BCUT2D eigenvalue weighted by molar-refractivity contribution is 5.91. The number of benzene rings is 1. The Kier molecular flexibility index (Phi) is 4.45. The Morgan fingerprint density at radius 1 is 0.926 bits per heavy atom. The van der Waals surface area contributed by atoms with Gasteiger partial charge < -0.3 is 9.80 Å². The number of carbonyl (C=O) groups is 2. The molecule has 5 aliphatic rings. The van der Waals surface area contributed by atoms with Gasteiger partial charge in [-0.1, -0.05) is 30.3 Å². The lowest BCUT2D eigenvalue weighted by molar-refractivity contribution is -0.159. The van der Waals surface area contributed by atoms with Crippen molar-refractivity contribution in [2.45, 2.75) is 63.5 Å². The Labute approximate surface area is 161 Å². The number of hydrogen-bond acceptors (Lipinski definition) is 2. The monoisotopic (exact) mass is 366 g/mol. The van der Waals surface area contributed by atoms with Crippen LogP contribution >= 0.6 is 0 Å².